The SMILES string of the molecule is Cc1cccc(-c2csc(I)n2)c1. The van der Waals surface area contributed by atoms with Gasteiger partial charge >= 0.3 is 0 Å². The normalized spacial score (nSPS) is 10.3. The van der Waals surface area contributed by atoms with Crippen LogP contribution in [-0.4, -0.2) is 4.98 Å². The number of rotatable bonds is 1. The lowest BCUT2D eigenvalue weighted by Crippen LogP contribution is -1.78. The van der Waals surface area contributed by atoms with Gasteiger partial charge in [0.1, 0.15) is 0 Å². The van der Waals surface area contributed by atoms with Crippen molar-refractivity contribution in [3.63, 3.8) is 0 Å². The van der Waals surface area contributed by atoms with E-state index in [9.17, 15) is 0 Å². The van der Waals surface area contributed by atoms with Crippen LogP contribution in [0.1, 0.15) is 5.56 Å². The summed E-state index contributed by atoms with van der Waals surface area (Å²) < 4.78 is 1.09. The number of hydrogen-bond donors (Lipinski definition) is 0. The van der Waals surface area contributed by atoms with Crippen molar-refractivity contribution in [1.29, 1.82) is 0 Å². The average Bonchev–Trinajstić information content (AvgIpc) is 2.52. The first-order chi connectivity index (χ1) is 6.25. The van der Waals surface area contributed by atoms with Gasteiger partial charge in [-0.3, -0.25) is 0 Å². The predicted octanol–water partition coefficient (Wildman–Crippen LogP) is 3.72. The molecule has 0 bridgehead atoms. The van der Waals surface area contributed by atoms with Crippen LogP contribution in [0.2, 0.25) is 0 Å². The average molecular weight is 301 g/mol. The lowest BCUT2D eigenvalue weighted by atomic mass is 10.1. The summed E-state index contributed by atoms with van der Waals surface area (Å²) in [5.74, 6) is 0. The molecule has 1 heterocycles. The first-order valence-corrected chi connectivity index (χ1v) is 5.89. The fourth-order valence-electron chi connectivity index (χ4n) is 1.19. The molecule has 0 amide bonds. The van der Waals surface area contributed by atoms with Crippen LogP contribution in [0.25, 0.3) is 11.3 Å². The van der Waals surface area contributed by atoms with Gasteiger partial charge in [-0.2, -0.15) is 0 Å². The van der Waals surface area contributed by atoms with E-state index in [4.69, 9.17) is 0 Å². The number of nitrogens with zero attached hydrogens (tertiary/aromatic N) is 1. The van der Waals surface area contributed by atoms with E-state index in [1.165, 1.54) is 11.1 Å². The van der Waals surface area contributed by atoms with Crippen LogP contribution >= 0.6 is 33.9 Å². The summed E-state index contributed by atoms with van der Waals surface area (Å²) in [6, 6.07) is 8.42. The van der Waals surface area contributed by atoms with Gasteiger partial charge in [-0.25, -0.2) is 4.98 Å². The van der Waals surface area contributed by atoms with Crippen molar-refractivity contribution in [2.24, 2.45) is 0 Å². The van der Waals surface area contributed by atoms with E-state index in [0.29, 0.717) is 0 Å². The molecule has 0 fully saturated rings. The molecule has 0 aliphatic rings. The van der Waals surface area contributed by atoms with Gasteiger partial charge in [-0.15, -0.1) is 11.3 Å². The Morgan fingerprint density at radius 2 is 2.23 bits per heavy atom. The fraction of sp³-hybridized carbons (Fsp3) is 0.100. The molecular weight excluding hydrogens is 293 g/mol. The van der Waals surface area contributed by atoms with Gasteiger partial charge in [-0.1, -0.05) is 23.8 Å². The van der Waals surface area contributed by atoms with Crippen LogP contribution in [0.5, 0.6) is 0 Å². The molecule has 2 rings (SSSR count). The highest BCUT2D eigenvalue weighted by Gasteiger charge is 2.01. The molecule has 0 saturated carbocycles. The third-order valence-electron chi connectivity index (χ3n) is 1.79. The molecule has 1 nitrogen and oxygen atoms in total. The zero-order valence-electron chi connectivity index (χ0n) is 7.12. The minimum atomic E-state index is 1.08. The van der Waals surface area contributed by atoms with Crippen LogP contribution in [0.3, 0.4) is 0 Å². The molecular formula is C10H8INS. The quantitative estimate of drug-likeness (QED) is 0.732. The second-order valence-electron chi connectivity index (χ2n) is 2.86. The van der Waals surface area contributed by atoms with E-state index in [2.05, 4.69) is 64.1 Å². The highest BCUT2D eigenvalue weighted by atomic mass is 127. The van der Waals surface area contributed by atoms with Gasteiger partial charge in [-0.05, 0) is 35.6 Å². The third kappa shape index (κ3) is 2.08. The van der Waals surface area contributed by atoms with Crippen molar-refractivity contribution in [3.8, 4) is 11.3 Å². The lowest BCUT2D eigenvalue weighted by Gasteiger charge is -1.96. The standard InChI is InChI=1S/C10H8INS/c1-7-3-2-4-8(5-7)9-6-13-10(11)12-9/h2-6H,1H3. The Kier molecular flexibility index (Phi) is 2.64. The molecule has 1 aromatic carbocycles. The summed E-state index contributed by atoms with van der Waals surface area (Å²) in [5.41, 5.74) is 3.57. The number of thiazole rings is 1. The lowest BCUT2D eigenvalue weighted by molar-refractivity contribution is 1.36. The first kappa shape index (κ1) is 9.15. The Labute approximate surface area is 95.0 Å². The van der Waals surface area contributed by atoms with E-state index in [1.807, 2.05) is 0 Å². The molecule has 0 atom stereocenters. The second-order valence-corrected chi connectivity index (χ2v) is 5.47. The van der Waals surface area contributed by atoms with Gasteiger partial charge in [0.15, 0.2) is 3.01 Å². The summed E-state index contributed by atoms with van der Waals surface area (Å²) >= 11 is 3.92. The zero-order chi connectivity index (χ0) is 9.26. The summed E-state index contributed by atoms with van der Waals surface area (Å²) in [4.78, 5) is 4.43. The maximum absolute atomic E-state index is 4.43. The molecule has 0 spiro atoms. The maximum atomic E-state index is 4.43. The highest BCUT2D eigenvalue weighted by molar-refractivity contribution is 14.1. The fourth-order valence-corrected chi connectivity index (χ4v) is 2.38. The van der Waals surface area contributed by atoms with Crippen molar-refractivity contribution in [3.05, 3.63) is 38.2 Å². The minimum Gasteiger partial charge on any atom is -0.230 e. The van der Waals surface area contributed by atoms with Gasteiger partial charge in [0.05, 0.1) is 5.69 Å². The van der Waals surface area contributed by atoms with E-state index in [-0.39, 0.29) is 0 Å². The van der Waals surface area contributed by atoms with Crippen molar-refractivity contribution < 1.29 is 0 Å². The number of aryl methyl sites for hydroxylation is 1. The summed E-state index contributed by atoms with van der Waals surface area (Å²) in [6.07, 6.45) is 0. The molecule has 0 N–H and O–H groups in total. The largest absolute Gasteiger partial charge is 0.230 e. The first-order valence-electron chi connectivity index (χ1n) is 3.94. The number of halogens is 1. The van der Waals surface area contributed by atoms with Crippen molar-refractivity contribution in [2.45, 2.75) is 6.92 Å². The van der Waals surface area contributed by atoms with Crippen molar-refractivity contribution in [2.75, 3.05) is 0 Å². The molecule has 0 aliphatic carbocycles. The molecule has 0 radical (unpaired) electrons. The van der Waals surface area contributed by atoms with Crippen molar-refractivity contribution >= 4 is 33.9 Å². The minimum absolute atomic E-state index is 1.08. The summed E-state index contributed by atoms with van der Waals surface area (Å²) in [5, 5.41) is 2.09. The van der Waals surface area contributed by atoms with Crippen LogP contribution < -0.4 is 0 Å². The topological polar surface area (TPSA) is 12.9 Å². The van der Waals surface area contributed by atoms with Gasteiger partial charge in [0, 0.05) is 10.9 Å². The molecule has 0 unspecified atom stereocenters. The number of aromatic nitrogens is 1. The molecule has 1 aromatic heterocycles. The summed E-state index contributed by atoms with van der Waals surface area (Å²) in [6.45, 7) is 2.10. The van der Waals surface area contributed by atoms with Crippen LogP contribution in [0.15, 0.2) is 29.6 Å². The highest BCUT2D eigenvalue weighted by Crippen LogP contribution is 2.23. The van der Waals surface area contributed by atoms with Gasteiger partial charge < -0.3 is 0 Å². The Morgan fingerprint density at radius 1 is 1.38 bits per heavy atom. The van der Waals surface area contributed by atoms with E-state index in [0.717, 1.165) is 8.71 Å². The second kappa shape index (κ2) is 3.75. The maximum Gasteiger partial charge on any atom is 0.154 e. The Balaban J connectivity index is 2.46. The monoisotopic (exact) mass is 301 g/mol. The molecule has 2 aromatic rings. The van der Waals surface area contributed by atoms with Crippen LogP contribution in [0.4, 0.5) is 0 Å². The predicted molar refractivity (Wildman–Crippen MR) is 65.0 cm³/mol. The summed E-state index contributed by atoms with van der Waals surface area (Å²) in [7, 11) is 0. The zero-order valence-corrected chi connectivity index (χ0v) is 10.1. The van der Waals surface area contributed by atoms with E-state index < -0.39 is 0 Å². The van der Waals surface area contributed by atoms with Crippen molar-refractivity contribution in [1.82, 2.24) is 4.98 Å². The van der Waals surface area contributed by atoms with Gasteiger partial charge in [0.25, 0.3) is 0 Å². The third-order valence-corrected chi connectivity index (χ3v) is 3.42. The molecule has 0 saturated heterocycles. The van der Waals surface area contributed by atoms with Crippen LogP contribution in [-0.2, 0) is 0 Å². The van der Waals surface area contributed by atoms with Crippen LogP contribution in [0, 0.1) is 9.94 Å². The van der Waals surface area contributed by atoms with Gasteiger partial charge in [0.2, 0.25) is 0 Å². The molecule has 3 heteroatoms. The molecule has 66 valence electrons. The molecule has 0 aliphatic heterocycles. The Hall–Kier alpha value is -0.420. The Morgan fingerprint density at radius 3 is 2.85 bits per heavy atom. The van der Waals surface area contributed by atoms with E-state index >= 15 is 0 Å². The van der Waals surface area contributed by atoms with E-state index in [1.54, 1.807) is 11.3 Å². The number of hydrogen-bond acceptors (Lipinski definition) is 2. The smallest absolute Gasteiger partial charge is 0.154 e. The number of benzene rings is 1. The Bertz CT molecular complexity index is 422. The molecule has 13 heavy (non-hydrogen) atoms.